The molecule has 0 bridgehead atoms. The smallest absolute Gasteiger partial charge is 0.266 e. The quantitative estimate of drug-likeness (QED) is 0.723. The van der Waals surface area contributed by atoms with E-state index >= 15 is 0 Å². The van der Waals surface area contributed by atoms with Gasteiger partial charge in [-0.05, 0) is 0 Å². The van der Waals surface area contributed by atoms with E-state index in [1.165, 1.54) is 0 Å². The molecular weight excluding hydrogens is 224 g/mol. The molecule has 0 aliphatic carbocycles. The molecule has 1 unspecified atom stereocenters. The summed E-state index contributed by atoms with van der Waals surface area (Å²) in [7, 11) is 0. The van der Waals surface area contributed by atoms with Crippen LogP contribution in [-0.2, 0) is 4.79 Å². The summed E-state index contributed by atoms with van der Waals surface area (Å²) < 4.78 is 16.3. The third-order valence-electron chi connectivity index (χ3n) is 2.68. The molecule has 1 aromatic rings. The Labute approximate surface area is 97.6 Å². The van der Waals surface area contributed by atoms with E-state index in [1.807, 2.05) is 0 Å². The van der Waals surface area contributed by atoms with E-state index in [-0.39, 0.29) is 12.5 Å². The molecule has 6 heteroatoms. The molecule has 0 saturated heterocycles. The van der Waals surface area contributed by atoms with Gasteiger partial charge in [0.05, 0.1) is 5.69 Å². The maximum absolute atomic E-state index is 11.6. The van der Waals surface area contributed by atoms with E-state index < -0.39 is 6.10 Å². The predicted molar refractivity (Wildman–Crippen MR) is 59.5 cm³/mol. The summed E-state index contributed by atoms with van der Waals surface area (Å²) in [5, 5.41) is 2.73. The molecule has 0 aromatic heterocycles. The topological polar surface area (TPSA) is 82.8 Å². The van der Waals surface area contributed by atoms with E-state index in [1.54, 1.807) is 12.1 Å². The fourth-order valence-corrected chi connectivity index (χ4v) is 1.84. The van der Waals surface area contributed by atoms with Crippen LogP contribution in [0.25, 0.3) is 0 Å². The number of carbonyl (C=O) groups excluding carboxylic acids is 1. The summed E-state index contributed by atoms with van der Waals surface area (Å²) >= 11 is 0. The summed E-state index contributed by atoms with van der Waals surface area (Å²) in [5.41, 5.74) is 6.03. The Morgan fingerprint density at radius 3 is 2.65 bits per heavy atom. The van der Waals surface area contributed by atoms with Gasteiger partial charge in [-0.1, -0.05) is 0 Å². The molecule has 3 N–H and O–H groups in total. The average Bonchev–Trinajstić information content (AvgIpc) is 2.35. The van der Waals surface area contributed by atoms with Crippen molar-refractivity contribution in [3.63, 3.8) is 0 Å². The van der Waals surface area contributed by atoms with Gasteiger partial charge in [0.15, 0.2) is 17.6 Å². The van der Waals surface area contributed by atoms with Crippen molar-refractivity contribution in [3.8, 4) is 17.2 Å². The van der Waals surface area contributed by atoms with Crippen LogP contribution in [0.5, 0.6) is 17.2 Å². The van der Waals surface area contributed by atoms with E-state index in [9.17, 15) is 4.79 Å². The zero-order valence-electron chi connectivity index (χ0n) is 9.06. The van der Waals surface area contributed by atoms with Gasteiger partial charge in [-0.3, -0.25) is 4.79 Å². The molecule has 2 aliphatic rings. The Hall–Kier alpha value is -1.95. The number of benzene rings is 1. The molecule has 0 spiro atoms. The third-order valence-corrected chi connectivity index (χ3v) is 2.68. The molecule has 17 heavy (non-hydrogen) atoms. The summed E-state index contributed by atoms with van der Waals surface area (Å²) in [5.74, 6) is 1.56. The molecular formula is C11H12N2O4. The summed E-state index contributed by atoms with van der Waals surface area (Å²) in [6.45, 7) is 1.16. The van der Waals surface area contributed by atoms with Crippen LogP contribution in [0.4, 0.5) is 5.69 Å². The Morgan fingerprint density at radius 1 is 1.24 bits per heavy atom. The third kappa shape index (κ3) is 1.66. The summed E-state index contributed by atoms with van der Waals surface area (Å²) in [4.78, 5) is 11.6. The Bertz CT molecular complexity index is 475. The average molecular weight is 236 g/mol. The second-order valence-corrected chi connectivity index (χ2v) is 3.82. The highest BCUT2D eigenvalue weighted by Crippen LogP contribution is 2.41. The minimum Gasteiger partial charge on any atom is -0.486 e. The number of amides is 1. The number of nitrogens with one attached hydrogen (secondary N) is 1. The minimum atomic E-state index is -0.648. The van der Waals surface area contributed by atoms with Crippen LogP contribution in [0.1, 0.15) is 0 Å². The van der Waals surface area contributed by atoms with E-state index in [0.29, 0.717) is 36.1 Å². The second-order valence-electron chi connectivity index (χ2n) is 3.82. The zero-order valence-corrected chi connectivity index (χ0v) is 9.06. The number of rotatable bonds is 1. The number of ether oxygens (including phenoxy) is 3. The molecule has 0 saturated carbocycles. The van der Waals surface area contributed by atoms with Crippen LogP contribution in [0.2, 0.25) is 0 Å². The standard InChI is InChI=1S/C11H12N2O4/c12-5-10-11(14)13-6-3-8-9(4-7(6)17-10)16-2-1-15-8/h3-4,10H,1-2,5,12H2,(H,13,14). The van der Waals surface area contributed by atoms with Gasteiger partial charge in [-0.25, -0.2) is 0 Å². The highest BCUT2D eigenvalue weighted by atomic mass is 16.6. The van der Waals surface area contributed by atoms with Gasteiger partial charge < -0.3 is 25.3 Å². The van der Waals surface area contributed by atoms with Crippen LogP contribution in [0.3, 0.4) is 0 Å². The molecule has 2 heterocycles. The number of hydrogen-bond acceptors (Lipinski definition) is 5. The predicted octanol–water partition coefficient (Wildman–Crippen LogP) is 0.116. The van der Waals surface area contributed by atoms with Gasteiger partial charge in [0.2, 0.25) is 0 Å². The van der Waals surface area contributed by atoms with Gasteiger partial charge >= 0.3 is 0 Å². The fourth-order valence-electron chi connectivity index (χ4n) is 1.84. The monoisotopic (exact) mass is 236 g/mol. The van der Waals surface area contributed by atoms with E-state index in [0.717, 1.165) is 0 Å². The maximum Gasteiger partial charge on any atom is 0.266 e. The number of anilines is 1. The van der Waals surface area contributed by atoms with Gasteiger partial charge in [0, 0.05) is 18.7 Å². The number of carbonyl (C=O) groups is 1. The van der Waals surface area contributed by atoms with Crippen molar-refractivity contribution in [2.75, 3.05) is 25.1 Å². The second kappa shape index (κ2) is 3.81. The van der Waals surface area contributed by atoms with Crippen molar-refractivity contribution in [1.82, 2.24) is 0 Å². The number of nitrogens with two attached hydrogens (primary N) is 1. The molecule has 6 nitrogen and oxygen atoms in total. The number of hydrogen-bond donors (Lipinski definition) is 2. The molecule has 3 rings (SSSR count). The first-order chi connectivity index (χ1) is 8.28. The fraction of sp³-hybridized carbons (Fsp3) is 0.364. The normalized spacial score (nSPS) is 21.2. The molecule has 0 fully saturated rings. The zero-order chi connectivity index (χ0) is 11.8. The maximum atomic E-state index is 11.6. The van der Waals surface area contributed by atoms with Crippen molar-refractivity contribution >= 4 is 11.6 Å². The van der Waals surface area contributed by atoms with Crippen LogP contribution in [0, 0.1) is 0 Å². The van der Waals surface area contributed by atoms with Crippen LogP contribution in [-0.4, -0.2) is 31.8 Å². The van der Waals surface area contributed by atoms with Crippen LogP contribution >= 0.6 is 0 Å². The van der Waals surface area contributed by atoms with Crippen molar-refractivity contribution in [1.29, 1.82) is 0 Å². The Morgan fingerprint density at radius 2 is 1.94 bits per heavy atom. The van der Waals surface area contributed by atoms with Crippen molar-refractivity contribution in [3.05, 3.63) is 12.1 Å². The highest BCUT2D eigenvalue weighted by Gasteiger charge is 2.28. The lowest BCUT2D eigenvalue weighted by Crippen LogP contribution is -2.42. The largest absolute Gasteiger partial charge is 0.486 e. The number of fused-ring (bicyclic) bond motifs is 2. The highest BCUT2D eigenvalue weighted by molar-refractivity contribution is 5.98. The molecule has 2 aliphatic heterocycles. The lowest BCUT2D eigenvalue weighted by molar-refractivity contribution is -0.123. The SMILES string of the molecule is NCC1Oc2cc3c(cc2NC1=O)OCCO3. The molecule has 1 amide bonds. The van der Waals surface area contributed by atoms with Crippen molar-refractivity contribution in [2.45, 2.75) is 6.10 Å². The van der Waals surface area contributed by atoms with Crippen molar-refractivity contribution < 1.29 is 19.0 Å². The first-order valence-corrected chi connectivity index (χ1v) is 5.39. The molecule has 0 radical (unpaired) electrons. The molecule has 90 valence electrons. The van der Waals surface area contributed by atoms with Gasteiger partial charge in [0.25, 0.3) is 5.91 Å². The summed E-state index contributed by atoms with van der Waals surface area (Å²) in [6, 6.07) is 3.42. The lowest BCUT2D eigenvalue weighted by Gasteiger charge is -2.27. The van der Waals surface area contributed by atoms with Gasteiger partial charge in [-0.2, -0.15) is 0 Å². The molecule has 1 atom stereocenters. The van der Waals surface area contributed by atoms with Crippen molar-refractivity contribution in [2.24, 2.45) is 5.73 Å². The summed E-state index contributed by atoms with van der Waals surface area (Å²) in [6.07, 6.45) is -0.648. The minimum absolute atomic E-state index is 0.139. The first kappa shape index (κ1) is 10.2. The van der Waals surface area contributed by atoms with E-state index in [2.05, 4.69) is 5.32 Å². The first-order valence-electron chi connectivity index (χ1n) is 5.39. The van der Waals surface area contributed by atoms with E-state index in [4.69, 9.17) is 19.9 Å². The Balaban J connectivity index is 1.99. The van der Waals surface area contributed by atoms with Gasteiger partial charge in [-0.15, -0.1) is 0 Å². The molecule has 1 aromatic carbocycles. The van der Waals surface area contributed by atoms with Gasteiger partial charge in [0.1, 0.15) is 19.0 Å². The lowest BCUT2D eigenvalue weighted by atomic mass is 10.2. The van der Waals surface area contributed by atoms with Crippen LogP contribution < -0.4 is 25.3 Å². The Kier molecular flexibility index (Phi) is 2.29. The van der Waals surface area contributed by atoms with Crippen LogP contribution in [0.15, 0.2) is 12.1 Å².